The maximum absolute atomic E-state index is 12.0. The zero-order valence-corrected chi connectivity index (χ0v) is 14.3. The zero-order chi connectivity index (χ0) is 17.6. The van der Waals surface area contributed by atoms with Crippen molar-refractivity contribution in [2.75, 3.05) is 6.61 Å². The second-order valence-electron chi connectivity index (χ2n) is 5.83. The largest absolute Gasteiger partial charge is 0.483 e. The Morgan fingerprint density at radius 2 is 2.12 bits per heavy atom. The summed E-state index contributed by atoms with van der Waals surface area (Å²) < 4.78 is 7.42. The van der Waals surface area contributed by atoms with Crippen molar-refractivity contribution < 1.29 is 9.53 Å². The van der Waals surface area contributed by atoms with E-state index in [1.165, 1.54) is 0 Å². The van der Waals surface area contributed by atoms with Crippen LogP contribution in [-0.4, -0.2) is 27.0 Å². The molecule has 0 bridgehead atoms. The minimum Gasteiger partial charge on any atom is -0.483 e. The predicted octanol–water partition coefficient (Wildman–Crippen LogP) is 2.58. The molecule has 6 nitrogen and oxygen atoms in total. The molecular formula is C19H20N4O2. The van der Waals surface area contributed by atoms with Crippen LogP contribution in [0.3, 0.4) is 0 Å². The number of aromatic nitrogens is 3. The Morgan fingerprint density at radius 1 is 1.24 bits per heavy atom. The first-order valence-corrected chi connectivity index (χ1v) is 8.02. The molecule has 0 atom stereocenters. The first kappa shape index (κ1) is 16.7. The Morgan fingerprint density at radius 3 is 2.84 bits per heavy atom. The zero-order valence-electron chi connectivity index (χ0n) is 14.3. The number of hydrogen-bond donors (Lipinski definition) is 1. The first-order valence-electron chi connectivity index (χ1n) is 8.02. The van der Waals surface area contributed by atoms with Crippen molar-refractivity contribution in [3.8, 4) is 11.6 Å². The number of aryl methyl sites for hydroxylation is 2. The molecule has 1 N–H and O–H groups in total. The quantitative estimate of drug-likeness (QED) is 0.751. The Labute approximate surface area is 146 Å². The number of carbonyl (C=O) groups excluding carboxylic acids is 1. The molecule has 0 unspecified atom stereocenters. The van der Waals surface area contributed by atoms with Crippen molar-refractivity contribution in [2.45, 2.75) is 20.4 Å². The van der Waals surface area contributed by atoms with Gasteiger partial charge in [-0.2, -0.15) is 0 Å². The lowest BCUT2D eigenvalue weighted by Gasteiger charge is -2.10. The number of pyridine rings is 1. The van der Waals surface area contributed by atoms with Crippen LogP contribution in [0.15, 0.2) is 55.2 Å². The van der Waals surface area contributed by atoms with Crippen molar-refractivity contribution in [1.29, 1.82) is 0 Å². The van der Waals surface area contributed by atoms with E-state index in [1.54, 1.807) is 18.7 Å². The normalized spacial score (nSPS) is 10.5. The van der Waals surface area contributed by atoms with Crippen LogP contribution in [0.5, 0.6) is 5.75 Å². The topological polar surface area (TPSA) is 69.0 Å². The molecule has 6 heteroatoms. The van der Waals surface area contributed by atoms with E-state index in [9.17, 15) is 4.79 Å². The van der Waals surface area contributed by atoms with E-state index in [0.29, 0.717) is 6.54 Å². The van der Waals surface area contributed by atoms with Crippen molar-refractivity contribution in [2.24, 2.45) is 0 Å². The Hall–Kier alpha value is -3.15. The number of rotatable bonds is 6. The number of amides is 1. The minimum atomic E-state index is -0.167. The highest BCUT2D eigenvalue weighted by atomic mass is 16.5. The number of nitrogens with zero attached hydrogens (tertiary/aromatic N) is 3. The first-order chi connectivity index (χ1) is 12.1. The maximum Gasteiger partial charge on any atom is 0.258 e. The lowest BCUT2D eigenvalue weighted by Crippen LogP contribution is -2.28. The summed E-state index contributed by atoms with van der Waals surface area (Å²) in [6, 6.07) is 9.74. The summed E-state index contributed by atoms with van der Waals surface area (Å²) in [5.74, 6) is 1.35. The van der Waals surface area contributed by atoms with Gasteiger partial charge in [-0.25, -0.2) is 9.97 Å². The fourth-order valence-corrected chi connectivity index (χ4v) is 2.33. The highest BCUT2D eigenvalue weighted by Crippen LogP contribution is 2.18. The van der Waals surface area contributed by atoms with Crippen LogP contribution in [0.1, 0.15) is 16.7 Å². The standard InChI is InChI=1S/C19H20N4O2/c1-14-3-4-15(2)17(9-14)25-12-19(24)22-11-16-5-6-18(21-10-16)23-8-7-20-13-23/h3-10,13H,11-12H2,1-2H3,(H,22,24). The molecule has 1 aromatic carbocycles. The Kier molecular flexibility index (Phi) is 5.09. The van der Waals surface area contributed by atoms with E-state index in [0.717, 1.165) is 28.3 Å². The van der Waals surface area contributed by atoms with Crippen LogP contribution in [0, 0.1) is 13.8 Å². The molecule has 0 aliphatic heterocycles. The van der Waals surface area contributed by atoms with E-state index in [1.807, 2.05) is 54.9 Å². The monoisotopic (exact) mass is 336 g/mol. The molecule has 0 radical (unpaired) electrons. The number of nitrogens with one attached hydrogen (secondary N) is 1. The van der Waals surface area contributed by atoms with Gasteiger partial charge in [-0.1, -0.05) is 18.2 Å². The van der Waals surface area contributed by atoms with Crippen molar-refractivity contribution in [3.05, 3.63) is 71.9 Å². The molecule has 1 amide bonds. The number of benzene rings is 1. The van der Waals surface area contributed by atoms with Crippen molar-refractivity contribution >= 4 is 5.91 Å². The van der Waals surface area contributed by atoms with Gasteiger partial charge in [-0.3, -0.25) is 9.36 Å². The Bertz CT molecular complexity index is 842. The summed E-state index contributed by atoms with van der Waals surface area (Å²) in [5.41, 5.74) is 3.03. The highest BCUT2D eigenvalue weighted by Gasteiger charge is 2.06. The van der Waals surface area contributed by atoms with Gasteiger partial charge in [-0.15, -0.1) is 0 Å². The van der Waals surface area contributed by atoms with Gasteiger partial charge < -0.3 is 10.1 Å². The summed E-state index contributed by atoms with van der Waals surface area (Å²) >= 11 is 0. The van der Waals surface area contributed by atoms with Crippen LogP contribution >= 0.6 is 0 Å². The molecule has 2 aromatic heterocycles. The molecule has 0 aliphatic carbocycles. The third-order valence-corrected chi connectivity index (χ3v) is 3.77. The van der Waals surface area contributed by atoms with E-state index in [2.05, 4.69) is 15.3 Å². The summed E-state index contributed by atoms with van der Waals surface area (Å²) in [6.45, 7) is 4.35. The van der Waals surface area contributed by atoms with Crippen LogP contribution in [0.4, 0.5) is 0 Å². The molecule has 3 aromatic rings. The van der Waals surface area contributed by atoms with Gasteiger partial charge in [-0.05, 0) is 42.7 Å². The molecular weight excluding hydrogens is 316 g/mol. The third-order valence-electron chi connectivity index (χ3n) is 3.77. The smallest absolute Gasteiger partial charge is 0.258 e. The summed E-state index contributed by atoms with van der Waals surface area (Å²) in [4.78, 5) is 20.3. The SMILES string of the molecule is Cc1ccc(C)c(OCC(=O)NCc2ccc(-n3ccnc3)nc2)c1. The summed E-state index contributed by atoms with van der Waals surface area (Å²) in [6.07, 6.45) is 6.95. The maximum atomic E-state index is 12.0. The van der Waals surface area contributed by atoms with Crippen molar-refractivity contribution in [3.63, 3.8) is 0 Å². The fourth-order valence-electron chi connectivity index (χ4n) is 2.33. The average molecular weight is 336 g/mol. The minimum absolute atomic E-state index is 0.00909. The van der Waals surface area contributed by atoms with Crippen LogP contribution in [0.2, 0.25) is 0 Å². The lowest BCUT2D eigenvalue weighted by molar-refractivity contribution is -0.123. The second-order valence-corrected chi connectivity index (χ2v) is 5.83. The summed E-state index contributed by atoms with van der Waals surface area (Å²) in [5, 5.41) is 2.83. The molecule has 0 saturated heterocycles. The highest BCUT2D eigenvalue weighted by molar-refractivity contribution is 5.77. The van der Waals surface area contributed by atoms with E-state index in [4.69, 9.17) is 4.74 Å². The number of imidazole rings is 1. The van der Waals surface area contributed by atoms with Crippen LogP contribution in [-0.2, 0) is 11.3 Å². The second kappa shape index (κ2) is 7.61. The summed E-state index contributed by atoms with van der Waals surface area (Å²) in [7, 11) is 0. The van der Waals surface area contributed by atoms with Crippen LogP contribution in [0.25, 0.3) is 5.82 Å². The van der Waals surface area contributed by atoms with Crippen molar-refractivity contribution in [1.82, 2.24) is 19.9 Å². The predicted molar refractivity (Wildman–Crippen MR) is 94.6 cm³/mol. The molecule has 25 heavy (non-hydrogen) atoms. The van der Waals surface area contributed by atoms with Gasteiger partial charge in [0.15, 0.2) is 6.61 Å². The molecule has 0 saturated carbocycles. The van der Waals surface area contributed by atoms with Gasteiger partial charge in [0.05, 0.1) is 0 Å². The molecule has 2 heterocycles. The Balaban J connectivity index is 1.49. The van der Waals surface area contributed by atoms with Gasteiger partial charge >= 0.3 is 0 Å². The van der Waals surface area contributed by atoms with Gasteiger partial charge in [0, 0.05) is 25.1 Å². The van der Waals surface area contributed by atoms with E-state index in [-0.39, 0.29) is 12.5 Å². The molecule has 0 spiro atoms. The van der Waals surface area contributed by atoms with E-state index >= 15 is 0 Å². The van der Waals surface area contributed by atoms with Gasteiger partial charge in [0.25, 0.3) is 5.91 Å². The number of hydrogen-bond acceptors (Lipinski definition) is 4. The van der Waals surface area contributed by atoms with Gasteiger partial charge in [0.1, 0.15) is 17.9 Å². The molecule has 0 fully saturated rings. The number of carbonyl (C=O) groups is 1. The van der Waals surface area contributed by atoms with Crippen LogP contribution < -0.4 is 10.1 Å². The lowest BCUT2D eigenvalue weighted by atomic mass is 10.1. The molecule has 3 rings (SSSR count). The van der Waals surface area contributed by atoms with E-state index < -0.39 is 0 Å². The average Bonchev–Trinajstić information content (AvgIpc) is 3.16. The molecule has 0 aliphatic rings. The molecule has 128 valence electrons. The fraction of sp³-hybridized carbons (Fsp3) is 0.211. The number of ether oxygens (including phenoxy) is 1. The van der Waals surface area contributed by atoms with Gasteiger partial charge in [0.2, 0.25) is 0 Å². The third kappa shape index (κ3) is 4.44.